The second kappa shape index (κ2) is 7.77. The number of para-hydroxylation sites is 1. The lowest BCUT2D eigenvalue weighted by Gasteiger charge is -2.14. The van der Waals surface area contributed by atoms with Gasteiger partial charge in [0, 0.05) is 42.5 Å². The van der Waals surface area contributed by atoms with Crippen molar-refractivity contribution in [3.8, 4) is 0 Å². The molecule has 23 heavy (non-hydrogen) atoms. The van der Waals surface area contributed by atoms with E-state index in [-0.39, 0.29) is 0 Å². The van der Waals surface area contributed by atoms with Crippen molar-refractivity contribution in [3.05, 3.63) is 35.5 Å². The Bertz CT molecular complexity index is 671. The second-order valence-corrected chi connectivity index (χ2v) is 7.48. The van der Waals surface area contributed by atoms with E-state index in [4.69, 9.17) is 0 Å². The van der Waals surface area contributed by atoms with Gasteiger partial charge in [0.15, 0.2) is 5.96 Å². The molecular formula is C18H26N4S. The molecule has 1 aliphatic rings. The number of thioether (sulfide) groups is 1. The fraction of sp³-hybridized carbons (Fsp3) is 0.500. The second-order valence-electron chi connectivity index (χ2n) is 6.08. The molecule has 4 nitrogen and oxygen atoms in total. The minimum atomic E-state index is 0.741. The average Bonchev–Trinajstić information content (AvgIpc) is 3.21. The van der Waals surface area contributed by atoms with Gasteiger partial charge in [0.05, 0.1) is 0 Å². The average molecular weight is 331 g/mol. The highest BCUT2D eigenvalue weighted by Crippen LogP contribution is 2.25. The van der Waals surface area contributed by atoms with Crippen molar-refractivity contribution in [1.29, 1.82) is 0 Å². The summed E-state index contributed by atoms with van der Waals surface area (Å²) in [5, 5.41) is 8.95. The molecule has 0 saturated carbocycles. The maximum Gasteiger partial charge on any atom is 0.191 e. The third kappa shape index (κ3) is 4.02. The lowest BCUT2D eigenvalue weighted by molar-refractivity contribution is 0.724. The minimum Gasteiger partial charge on any atom is -0.361 e. The van der Waals surface area contributed by atoms with Crippen LogP contribution < -0.4 is 10.6 Å². The van der Waals surface area contributed by atoms with E-state index in [1.807, 2.05) is 7.05 Å². The number of benzene rings is 1. The van der Waals surface area contributed by atoms with Gasteiger partial charge in [-0.2, -0.15) is 11.8 Å². The molecule has 1 aromatic carbocycles. The quantitative estimate of drug-likeness (QED) is 0.583. The Morgan fingerprint density at radius 3 is 3.09 bits per heavy atom. The Morgan fingerprint density at radius 2 is 2.30 bits per heavy atom. The normalized spacial score (nSPS) is 18.5. The Balaban J connectivity index is 1.50. The number of aryl methyl sites for hydroxylation is 1. The summed E-state index contributed by atoms with van der Waals surface area (Å²) in [6.45, 7) is 4.04. The smallest absolute Gasteiger partial charge is 0.191 e. The van der Waals surface area contributed by atoms with Gasteiger partial charge in [-0.3, -0.25) is 4.99 Å². The number of nitrogens with zero attached hydrogens (tertiary/aromatic N) is 1. The fourth-order valence-electron chi connectivity index (χ4n) is 3.12. The summed E-state index contributed by atoms with van der Waals surface area (Å²) in [6, 6.07) is 6.47. The van der Waals surface area contributed by atoms with Gasteiger partial charge < -0.3 is 15.6 Å². The van der Waals surface area contributed by atoms with E-state index in [1.54, 1.807) is 0 Å². The minimum absolute atomic E-state index is 0.741. The van der Waals surface area contributed by atoms with E-state index >= 15 is 0 Å². The molecule has 0 aliphatic carbocycles. The van der Waals surface area contributed by atoms with Gasteiger partial charge in [0.2, 0.25) is 0 Å². The lowest BCUT2D eigenvalue weighted by atomic mass is 10.1. The highest BCUT2D eigenvalue weighted by molar-refractivity contribution is 8.00. The Morgan fingerprint density at radius 1 is 1.39 bits per heavy atom. The van der Waals surface area contributed by atoms with Crippen molar-refractivity contribution in [2.75, 3.05) is 25.9 Å². The van der Waals surface area contributed by atoms with E-state index in [2.05, 4.69) is 63.7 Å². The summed E-state index contributed by atoms with van der Waals surface area (Å²) in [5.41, 5.74) is 3.91. The number of aromatic amines is 1. The number of rotatable bonds is 5. The van der Waals surface area contributed by atoms with Crippen LogP contribution in [0.25, 0.3) is 10.9 Å². The summed E-state index contributed by atoms with van der Waals surface area (Å²) >= 11 is 2.07. The standard InChI is InChI=1S/C18H26N4S/c1-13-5-3-7-16-14(11-21-17(13)16)8-9-20-18(19-2)22-12-15-6-4-10-23-15/h3,5,7,11,15,21H,4,6,8-10,12H2,1-2H3,(H2,19,20,22). The van der Waals surface area contributed by atoms with Crippen molar-refractivity contribution in [1.82, 2.24) is 15.6 Å². The number of hydrogen-bond acceptors (Lipinski definition) is 2. The van der Waals surface area contributed by atoms with E-state index in [1.165, 1.54) is 40.6 Å². The number of aromatic nitrogens is 1. The summed E-state index contributed by atoms with van der Waals surface area (Å²) in [5.74, 6) is 2.21. The van der Waals surface area contributed by atoms with Crippen LogP contribution in [0.1, 0.15) is 24.0 Å². The molecule has 1 aliphatic heterocycles. The van der Waals surface area contributed by atoms with Crippen molar-refractivity contribution in [2.24, 2.45) is 4.99 Å². The third-order valence-corrected chi connectivity index (χ3v) is 5.84. The monoisotopic (exact) mass is 330 g/mol. The van der Waals surface area contributed by atoms with Crippen molar-refractivity contribution < 1.29 is 0 Å². The van der Waals surface area contributed by atoms with Gasteiger partial charge >= 0.3 is 0 Å². The topological polar surface area (TPSA) is 52.2 Å². The fourth-order valence-corrected chi connectivity index (χ4v) is 4.32. The Hall–Kier alpha value is -1.62. The van der Waals surface area contributed by atoms with Gasteiger partial charge in [-0.05, 0) is 43.1 Å². The van der Waals surface area contributed by atoms with Gasteiger partial charge in [0.25, 0.3) is 0 Å². The van der Waals surface area contributed by atoms with Gasteiger partial charge in [-0.25, -0.2) is 0 Å². The van der Waals surface area contributed by atoms with Crippen LogP contribution in [-0.2, 0) is 6.42 Å². The molecule has 2 aromatic rings. The molecule has 0 amide bonds. The summed E-state index contributed by atoms with van der Waals surface area (Å²) in [6.07, 6.45) is 5.79. The molecule has 3 rings (SSSR count). The largest absolute Gasteiger partial charge is 0.361 e. The molecule has 1 atom stereocenters. The van der Waals surface area contributed by atoms with E-state index in [0.29, 0.717) is 0 Å². The molecule has 5 heteroatoms. The zero-order valence-electron chi connectivity index (χ0n) is 14.0. The highest BCUT2D eigenvalue weighted by atomic mass is 32.2. The number of nitrogens with one attached hydrogen (secondary N) is 3. The lowest BCUT2D eigenvalue weighted by Crippen LogP contribution is -2.40. The number of hydrogen-bond donors (Lipinski definition) is 3. The van der Waals surface area contributed by atoms with Crippen LogP contribution in [0.4, 0.5) is 0 Å². The molecule has 2 heterocycles. The molecule has 124 valence electrons. The predicted molar refractivity (Wildman–Crippen MR) is 102 cm³/mol. The van der Waals surface area contributed by atoms with Crippen LogP contribution in [0, 0.1) is 6.92 Å². The molecule has 1 aromatic heterocycles. The van der Waals surface area contributed by atoms with Crippen LogP contribution in [0.2, 0.25) is 0 Å². The maximum atomic E-state index is 4.32. The highest BCUT2D eigenvalue weighted by Gasteiger charge is 2.15. The number of fused-ring (bicyclic) bond motifs is 1. The van der Waals surface area contributed by atoms with Crippen LogP contribution in [0.5, 0.6) is 0 Å². The van der Waals surface area contributed by atoms with Gasteiger partial charge in [-0.15, -0.1) is 0 Å². The molecule has 0 spiro atoms. The van der Waals surface area contributed by atoms with Crippen LogP contribution in [0.15, 0.2) is 29.4 Å². The molecule has 3 N–H and O–H groups in total. The Kier molecular flexibility index (Phi) is 5.49. The van der Waals surface area contributed by atoms with Crippen molar-refractivity contribution in [3.63, 3.8) is 0 Å². The SMILES string of the molecule is CN=C(NCCc1c[nH]c2c(C)cccc12)NCC1CCCS1. The molecular weight excluding hydrogens is 304 g/mol. The van der Waals surface area contributed by atoms with Crippen LogP contribution in [-0.4, -0.2) is 42.1 Å². The molecule has 0 bridgehead atoms. The molecule has 0 radical (unpaired) electrons. The first-order valence-electron chi connectivity index (χ1n) is 8.39. The number of H-pyrrole nitrogens is 1. The summed E-state index contributed by atoms with van der Waals surface area (Å²) in [4.78, 5) is 7.72. The maximum absolute atomic E-state index is 4.32. The molecule has 1 fully saturated rings. The zero-order valence-corrected chi connectivity index (χ0v) is 14.8. The van der Waals surface area contributed by atoms with Crippen LogP contribution >= 0.6 is 11.8 Å². The van der Waals surface area contributed by atoms with Crippen molar-refractivity contribution in [2.45, 2.75) is 31.4 Å². The summed E-state index contributed by atoms with van der Waals surface area (Å²) in [7, 11) is 1.84. The van der Waals surface area contributed by atoms with E-state index in [0.717, 1.165) is 30.7 Å². The van der Waals surface area contributed by atoms with Gasteiger partial charge in [0.1, 0.15) is 0 Å². The van der Waals surface area contributed by atoms with Crippen molar-refractivity contribution >= 4 is 28.6 Å². The van der Waals surface area contributed by atoms with Gasteiger partial charge in [-0.1, -0.05) is 18.2 Å². The van der Waals surface area contributed by atoms with E-state index < -0.39 is 0 Å². The van der Waals surface area contributed by atoms with E-state index in [9.17, 15) is 0 Å². The predicted octanol–water partition coefficient (Wildman–Crippen LogP) is 3.08. The number of guanidine groups is 1. The zero-order chi connectivity index (χ0) is 16.1. The summed E-state index contributed by atoms with van der Waals surface area (Å²) < 4.78 is 0. The third-order valence-electron chi connectivity index (χ3n) is 4.44. The number of aliphatic imine (C=N–C) groups is 1. The first-order chi connectivity index (χ1) is 11.3. The Labute approximate surface area is 142 Å². The molecule has 1 saturated heterocycles. The molecule has 1 unspecified atom stereocenters. The first kappa shape index (κ1) is 16.2. The first-order valence-corrected chi connectivity index (χ1v) is 9.44. The van der Waals surface area contributed by atoms with Crippen LogP contribution in [0.3, 0.4) is 0 Å².